The van der Waals surface area contributed by atoms with Crippen molar-refractivity contribution in [3.63, 3.8) is 0 Å². The fourth-order valence-electron chi connectivity index (χ4n) is 4.62. The first-order valence-corrected chi connectivity index (χ1v) is 10.4. The summed E-state index contributed by atoms with van der Waals surface area (Å²) in [5.74, 6) is 0. The number of hydrogen-bond acceptors (Lipinski definition) is 2. The summed E-state index contributed by atoms with van der Waals surface area (Å²) in [7, 11) is 0. The Kier molecular flexibility index (Phi) is 5.14. The maximum Gasteiger partial charge on any atom is 0.184 e. The van der Waals surface area contributed by atoms with Crippen molar-refractivity contribution in [2.75, 3.05) is 31.1 Å². The molecule has 1 aliphatic carbocycles. The largest absolute Gasteiger partial charge is 0.360 e. The molecule has 6 heteroatoms. The molecule has 2 aromatic rings. The highest BCUT2D eigenvalue weighted by molar-refractivity contribution is 7.71. The van der Waals surface area contributed by atoms with Gasteiger partial charge in [0.1, 0.15) is 0 Å². The van der Waals surface area contributed by atoms with E-state index in [1.165, 1.54) is 42.8 Å². The van der Waals surface area contributed by atoms with E-state index in [1.807, 2.05) is 12.4 Å². The molecular weight excluding hydrogens is 342 g/mol. The Hall–Kier alpha value is -1.66. The highest BCUT2D eigenvalue weighted by Gasteiger charge is 2.25. The summed E-state index contributed by atoms with van der Waals surface area (Å²) in [4.78, 5) is 7.22. The van der Waals surface area contributed by atoms with Crippen LogP contribution in [0.1, 0.15) is 43.1 Å². The van der Waals surface area contributed by atoms with Crippen LogP contribution in [0.4, 0.5) is 5.69 Å². The quantitative estimate of drug-likeness (QED) is 0.831. The molecule has 2 aliphatic rings. The Morgan fingerprint density at radius 1 is 1.08 bits per heavy atom. The van der Waals surface area contributed by atoms with E-state index in [0.29, 0.717) is 6.04 Å². The standard InChI is InChI=1S/C20H29N5S/c1-16-17(2)25(19-5-3-4-6-19)20(26)24(16)15-22-11-13-23(14-12-22)18-7-9-21-10-8-18/h7-10,19H,3-6,11-15H2,1-2H3/p+2. The van der Waals surface area contributed by atoms with Crippen molar-refractivity contribution in [2.24, 2.45) is 0 Å². The fourth-order valence-corrected chi connectivity index (χ4v) is 5.10. The zero-order chi connectivity index (χ0) is 18.1. The molecule has 0 amide bonds. The van der Waals surface area contributed by atoms with Crippen LogP contribution in [0.5, 0.6) is 0 Å². The van der Waals surface area contributed by atoms with Crippen LogP contribution in [-0.4, -0.2) is 35.3 Å². The van der Waals surface area contributed by atoms with Gasteiger partial charge >= 0.3 is 0 Å². The van der Waals surface area contributed by atoms with Gasteiger partial charge in [-0.15, -0.1) is 0 Å². The normalized spacial score (nSPS) is 19.4. The van der Waals surface area contributed by atoms with Crippen molar-refractivity contribution in [1.82, 2.24) is 9.13 Å². The number of imidazole rings is 1. The lowest BCUT2D eigenvalue weighted by molar-refractivity contribution is -0.923. The second-order valence-corrected chi connectivity index (χ2v) is 8.21. The Morgan fingerprint density at radius 3 is 2.38 bits per heavy atom. The van der Waals surface area contributed by atoms with Crippen LogP contribution in [0.3, 0.4) is 0 Å². The Morgan fingerprint density at radius 2 is 1.73 bits per heavy atom. The summed E-state index contributed by atoms with van der Waals surface area (Å²) in [5, 5.41) is 0. The summed E-state index contributed by atoms with van der Waals surface area (Å²) in [6, 6.07) is 4.95. The van der Waals surface area contributed by atoms with E-state index in [0.717, 1.165) is 37.6 Å². The summed E-state index contributed by atoms with van der Waals surface area (Å²) >= 11 is 5.90. The molecule has 4 rings (SSSR count). The van der Waals surface area contributed by atoms with Gasteiger partial charge in [-0.3, -0.25) is 4.57 Å². The van der Waals surface area contributed by atoms with Gasteiger partial charge in [0.2, 0.25) is 0 Å². The van der Waals surface area contributed by atoms with Crippen LogP contribution < -0.4 is 14.8 Å². The number of aromatic nitrogens is 3. The van der Waals surface area contributed by atoms with E-state index in [4.69, 9.17) is 12.2 Å². The third-order valence-electron chi connectivity index (χ3n) is 6.33. The van der Waals surface area contributed by atoms with E-state index in [1.54, 1.807) is 4.90 Å². The van der Waals surface area contributed by atoms with Crippen LogP contribution in [0.25, 0.3) is 0 Å². The van der Waals surface area contributed by atoms with Gasteiger partial charge in [-0.1, -0.05) is 12.8 Å². The molecule has 1 saturated carbocycles. The smallest absolute Gasteiger partial charge is 0.184 e. The van der Waals surface area contributed by atoms with Crippen LogP contribution in [0.2, 0.25) is 0 Å². The van der Waals surface area contributed by atoms with E-state index in [2.05, 4.69) is 45.0 Å². The topological polar surface area (TPSA) is 31.7 Å². The third kappa shape index (κ3) is 3.32. The molecule has 2 fully saturated rings. The Labute approximate surface area is 161 Å². The van der Waals surface area contributed by atoms with Crippen LogP contribution in [0.15, 0.2) is 24.5 Å². The van der Waals surface area contributed by atoms with Gasteiger partial charge in [0, 0.05) is 35.2 Å². The second-order valence-electron chi connectivity index (χ2n) is 7.84. The molecule has 1 saturated heterocycles. The van der Waals surface area contributed by atoms with Crippen molar-refractivity contribution in [2.45, 2.75) is 52.2 Å². The molecule has 2 aromatic heterocycles. The number of aromatic amines is 1. The molecule has 26 heavy (non-hydrogen) atoms. The number of H-pyrrole nitrogens is 1. The molecule has 5 nitrogen and oxygen atoms in total. The Balaban J connectivity index is 1.45. The summed E-state index contributed by atoms with van der Waals surface area (Å²) in [6.07, 6.45) is 9.29. The average Bonchev–Trinajstić information content (AvgIpc) is 3.27. The summed E-state index contributed by atoms with van der Waals surface area (Å²) < 4.78 is 5.89. The predicted molar refractivity (Wildman–Crippen MR) is 106 cm³/mol. The molecule has 140 valence electrons. The number of nitrogens with one attached hydrogen (secondary N) is 2. The van der Waals surface area contributed by atoms with Crippen LogP contribution in [-0.2, 0) is 6.67 Å². The third-order valence-corrected chi connectivity index (χ3v) is 6.75. The van der Waals surface area contributed by atoms with Crippen LogP contribution >= 0.6 is 12.2 Å². The number of nitrogens with zero attached hydrogens (tertiary/aromatic N) is 3. The number of pyridine rings is 1. The van der Waals surface area contributed by atoms with Gasteiger partial charge in [-0.25, -0.2) is 4.98 Å². The van der Waals surface area contributed by atoms with E-state index >= 15 is 0 Å². The van der Waals surface area contributed by atoms with Gasteiger partial charge in [-0.2, -0.15) is 0 Å². The van der Waals surface area contributed by atoms with Gasteiger partial charge in [0.05, 0.1) is 26.2 Å². The second kappa shape index (κ2) is 7.53. The van der Waals surface area contributed by atoms with E-state index in [-0.39, 0.29) is 0 Å². The lowest BCUT2D eigenvalue weighted by Gasteiger charge is -2.33. The van der Waals surface area contributed by atoms with Crippen molar-refractivity contribution >= 4 is 17.9 Å². The minimum absolute atomic E-state index is 0.629. The minimum atomic E-state index is 0.629. The van der Waals surface area contributed by atoms with Crippen molar-refractivity contribution in [1.29, 1.82) is 0 Å². The first-order valence-electron chi connectivity index (χ1n) is 9.98. The van der Waals surface area contributed by atoms with Crippen LogP contribution in [0, 0.1) is 18.6 Å². The number of rotatable bonds is 4. The zero-order valence-corrected chi connectivity index (χ0v) is 16.8. The molecule has 0 atom stereocenters. The average molecular weight is 374 g/mol. The molecule has 0 bridgehead atoms. The molecule has 3 heterocycles. The SMILES string of the molecule is Cc1c(C)n(C2CCCC2)c(=S)n1C[NH+]1CCN(c2cc[nH+]cc2)CC1. The molecule has 1 aliphatic heterocycles. The molecule has 0 radical (unpaired) electrons. The number of quaternary nitrogens is 1. The van der Waals surface area contributed by atoms with E-state index < -0.39 is 0 Å². The monoisotopic (exact) mass is 373 g/mol. The molecular formula is C20H31N5S+2. The zero-order valence-electron chi connectivity index (χ0n) is 16.0. The van der Waals surface area contributed by atoms with Crippen molar-refractivity contribution < 1.29 is 9.88 Å². The van der Waals surface area contributed by atoms with Gasteiger partial charge < -0.3 is 14.4 Å². The van der Waals surface area contributed by atoms with Crippen molar-refractivity contribution in [3.8, 4) is 0 Å². The van der Waals surface area contributed by atoms with Gasteiger partial charge in [0.15, 0.2) is 23.8 Å². The number of hydrogen-bond donors (Lipinski definition) is 1. The highest BCUT2D eigenvalue weighted by atomic mass is 32.1. The lowest BCUT2D eigenvalue weighted by atomic mass is 10.2. The highest BCUT2D eigenvalue weighted by Crippen LogP contribution is 2.32. The summed E-state index contributed by atoms with van der Waals surface area (Å²) in [5.41, 5.74) is 4.05. The molecule has 0 aromatic carbocycles. The maximum atomic E-state index is 5.90. The van der Waals surface area contributed by atoms with E-state index in [9.17, 15) is 0 Å². The molecule has 2 N–H and O–H groups in total. The first kappa shape index (κ1) is 17.7. The summed E-state index contributed by atoms with van der Waals surface area (Å²) in [6.45, 7) is 10.0. The Bertz CT molecular complexity index is 796. The predicted octanol–water partition coefficient (Wildman–Crippen LogP) is 1.93. The van der Waals surface area contributed by atoms with Gasteiger partial charge in [0.25, 0.3) is 0 Å². The maximum absolute atomic E-state index is 5.90. The lowest BCUT2D eigenvalue weighted by Crippen LogP contribution is -3.14. The first-order chi connectivity index (χ1) is 12.6. The minimum Gasteiger partial charge on any atom is -0.360 e. The number of piperazine rings is 1. The molecule has 0 spiro atoms. The van der Waals surface area contributed by atoms with Gasteiger partial charge in [-0.05, 0) is 38.9 Å². The fraction of sp³-hybridized carbons (Fsp3) is 0.600. The number of anilines is 1. The molecule has 0 unspecified atom stereocenters. The van der Waals surface area contributed by atoms with Crippen molar-refractivity contribution in [3.05, 3.63) is 40.7 Å².